The first-order valence-electron chi connectivity index (χ1n) is 20.5. The molecule has 4 aromatic rings. The molecule has 1 N–H and O–H groups in total. The number of aryl methyl sites for hydroxylation is 3. The van der Waals surface area contributed by atoms with Gasteiger partial charge < -0.3 is 19.5 Å². The molecule has 0 aromatic heterocycles. The summed E-state index contributed by atoms with van der Waals surface area (Å²) in [6, 6.07) is 28.0. The lowest BCUT2D eigenvalue weighted by molar-refractivity contribution is -0.132. The molecule has 2 fully saturated rings. The zero-order valence-electron chi connectivity index (χ0n) is 35.1. The van der Waals surface area contributed by atoms with Crippen molar-refractivity contribution in [3.05, 3.63) is 131 Å². The average molecular weight is 860 g/mol. The third-order valence-electron chi connectivity index (χ3n) is 10.9. The smallest absolute Gasteiger partial charge is 0.407 e. The molecule has 6 rings (SSSR count). The van der Waals surface area contributed by atoms with E-state index in [1.807, 2.05) is 68.4 Å². The van der Waals surface area contributed by atoms with Crippen molar-refractivity contribution in [3.8, 4) is 0 Å². The number of benzene rings is 4. The Hall–Kier alpha value is -4.44. The van der Waals surface area contributed by atoms with Gasteiger partial charge in [0.25, 0.3) is 0 Å². The summed E-state index contributed by atoms with van der Waals surface area (Å²) >= 11 is 0. The van der Waals surface area contributed by atoms with Gasteiger partial charge in [0.05, 0.1) is 41.7 Å². The number of nitrogens with zero attached hydrogens (tertiary/aromatic N) is 2. The highest BCUT2D eigenvalue weighted by molar-refractivity contribution is 7.89. The van der Waals surface area contributed by atoms with Crippen molar-refractivity contribution >= 4 is 31.9 Å². The van der Waals surface area contributed by atoms with Crippen LogP contribution in [0.15, 0.2) is 113 Å². The summed E-state index contributed by atoms with van der Waals surface area (Å²) in [6.45, 7) is 11.0. The Kier molecular flexibility index (Phi) is 14.7. The highest BCUT2D eigenvalue weighted by atomic mass is 32.2. The summed E-state index contributed by atoms with van der Waals surface area (Å²) in [4.78, 5) is 26.3. The first-order chi connectivity index (χ1) is 28.5. The largest absolute Gasteiger partial charge is 0.444 e. The molecule has 322 valence electrons. The van der Waals surface area contributed by atoms with E-state index in [0.717, 1.165) is 35.1 Å². The molecule has 1 amide bonds. The van der Waals surface area contributed by atoms with Gasteiger partial charge in [-0.05, 0) is 94.8 Å². The number of rotatable bonds is 16. The zero-order valence-corrected chi connectivity index (χ0v) is 36.7. The van der Waals surface area contributed by atoms with Crippen LogP contribution in [0.25, 0.3) is 0 Å². The van der Waals surface area contributed by atoms with Crippen LogP contribution in [-0.2, 0) is 45.5 Å². The van der Waals surface area contributed by atoms with E-state index in [9.17, 15) is 26.4 Å². The average Bonchev–Trinajstić information content (AvgIpc) is 3.21. The molecule has 60 heavy (non-hydrogen) atoms. The van der Waals surface area contributed by atoms with Gasteiger partial charge in [-0.15, -0.1) is 0 Å². The second kappa shape index (κ2) is 19.5. The molecular weight excluding hydrogens is 803 g/mol. The maximum atomic E-state index is 14.9. The summed E-state index contributed by atoms with van der Waals surface area (Å²) in [6.07, 6.45) is 1.00. The van der Waals surface area contributed by atoms with Gasteiger partial charge in [-0.2, -0.15) is 8.61 Å². The van der Waals surface area contributed by atoms with Crippen LogP contribution in [0.1, 0.15) is 79.9 Å². The second-order valence-electron chi connectivity index (χ2n) is 16.6. The number of carbonyl (C=O) groups is 2. The van der Waals surface area contributed by atoms with E-state index in [2.05, 4.69) is 5.32 Å². The van der Waals surface area contributed by atoms with Gasteiger partial charge in [0.1, 0.15) is 11.4 Å². The summed E-state index contributed by atoms with van der Waals surface area (Å²) in [5.74, 6) is -1.04. The summed E-state index contributed by atoms with van der Waals surface area (Å²) in [5, 5.41) is 2.65. The van der Waals surface area contributed by atoms with E-state index < -0.39 is 55.8 Å². The molecule has 0 aliphatic carbocycles. The molecule has 0 unspecified atom stereocenters. The Bertz CT molecular complexity index is 2280. The number of nitrogens with one attached hydrogen (secondary N) is 1. The molecule has 0 saturated carbocycles. The minimum Gasteiger partial charge on any atom is -0.444 e. The van der Waals surface area contributed by atoms with Crippen molar-refractivity contribution in [2.45, 2.75) is 93.8 Å². The Balaban J connectivity index is 1.17. The van der Waals surface area contributed by atoms with Crippen LogP contribution in [0.4, 0.5) is 4.79 Å². The fourth-order valence-corrected chi connectivity index (χ4v) is 11.4. The van der Waals surface area contributed by atoms with E-state index in [-0.39, 0.29) is 35.0 Å². The highest BCUT2D eigenvalue weighted by Gasteiger charge is 2.54. The van der Waals surface area contributed by atoms with E-state index in [0.29, 0.717) is 38.5 Å². The maximum Gasteiger partial charge on any atom is 0.407 e. The van der Waals surface area contributed by atoms with Crippen molar-refractivity contribution in [2.75, 3.05) is 39.5 Å². The minimum absolute atomic E-state index is 0.0903. The van der Waals surface area contributed by atoms with Crippen LogP contribution in [0, 0.1) is 19.8 Å². The molecule has 12 nitrogen and oxygen atoms in total. The molecule has 0 radical (unpaired) electrons. The van der Waals surface area contributed by atoms with Crippen molar-refractivity contribution in [2.24, 2.45) is 5.92 Å². The topological polar surface area (TPSA) is 149 Å². The van der Waals surface area contributed by atoms with E-state index in [1.54, 1.807) is 69.3 Å². The number of amides is 1. The molecule has 2 saturated heterocycles. The Morgan fingerprint density at radius 2 is 1.28 bits per heavy atom. The fraction of sp³-hybridized carbons (Fsp3) is 0.435. The number of carbonyl (C=O) groups excluding carboxylic acids is 2. The van der Waals surface area contributed by atoms with E-state index in [4.69, 9.17) is 14.2 Å². The van der Waals surface area contributed by atoms with Crippen LogP contribution in [0.2, 0.25) is 0 Å². The van der Waals surface area contributed by atoms with Crippen molar-refractivity contribution in [1.82, 2.24) is 13.9 Å². The second-order valence-corrected chi connectivity index (χ2v) is 20.3. The molecule has 0 spiro atoms. The van der Waals surface area contributed by atoms with Crippen LogP contribution >= 0.6 is 0 Å². The zero-order chi connectivity index (χ0) is 43.1. The molecule has 14 heteroatoms. The predicted octanol–water partition coefficient (Wildman–Crippen LogP) is 7.32. The summed E-state index contributed by atoms with van der Waals surface area (Å²) in [7, 11) is -8.25. The quantitative estimate of drug-likeness (QED) is 0.115. The van der Waals surface area contributed by atoms with Gasteiger partial charge in [-0.1, -0.05) is 90.0 Å². The third kappa shape index (κ3) is 11.1. The van der Waals surface area contributed by atoms with Crippen LogP contribution in [-0.4, -0.2) is 88.5 Å². The highest BCUT2D eigenvalue weighted by Crippen LogP contribution is 2.48. The van der Waals surface area contributed by atoms with Crippen LogP contribution in [0.3, 0.4) is 0 Å². The van der Waals surface area contributed by atoms with Crippen molar-refractivity contribution in [3.63, 3.8) is 0 Å². The molecule has 2 aliphatic heterocycles. The first kappa shape index (κ1) is 45.1. The predicted molar refractivity (Wildman–Crippen MR) is 229 cm³/mol. The summed E-state index contributed by atoms with van der Waals surface area (Å²) in [5.41, 5.74) is 3.73. The number of ether oxygens (including phenoxy) is 3. The fourth-order valence-electron chi connectivity index (χ4n) is 7.89. The molecule has 2 heterocycles. The minimum atomic E-state index is -4.17. The number of hydrogen-bond acceptors (Lipinski definition) is 9. The normalized spacial score (nSPS) is 20.4. The molecule has 2 aliphatic rings. The van der Waals surface area contributed by atoms with Gasteiger partial charge in [0.15, 0.2) is 0 Å². The van der Waals surface area contributed by atoms with Gasteiger partial charge in [-0.25, -0.2) is 21.6 Å². The van der Waals surface area contributed by atoms with Crippen molar-refractivity contribution < 1.29 is 40.6 Å². The number of fused-ring (bicyclic) bond motifs is 1. The number of ketones is 1. The Labute approximate surface area is 355 Å². The number of alkyl carbamates (subject to hydrolysis) is 1. The number of sulfonamides is 2. The van der Waals surface area contributed by atoms with Gasteiger partial charge >= 0.3 is 6.09 Å². The lowest BCUT2D eigenvalue weighted by Crippen LogP contribution is -2.60. The monoisotopic (exact) mass is 859 g/mol. The van der Waals surface area contributed by atoms with Gasteiger partial charge in [0, 0.05) is 38.1 Å². The summed E-state index contributed by atoms with van der Waals surface area (Å²) < 4.78 is 78.0. The Morgan fingerprint density at radius 3 is 1.88 bits per heavy atom. The number of Topliss-reactive ketones (excluding diaryl/α,β-unsaturated/α-hetero) is 1. The van der Waals surface area contributed by atoms with Crippen molar-refractivity contribution in [1.29, 1.82) is 0 Å². The molecule has 0 bridgehead atoms. The van der Waals surface area contributed by atoms with E-state index in [1.165, 1.54) is 8.61 Å². The standard InChI is InChI=1S/C46H57N3O9S2/c1-33-13-21-38(22-14-33)59(52,53)48-32-40-43(30-41(48)36-11-7-6-8-12-36)49(60(54,55)39-23-15-34(2)16-24-39)42(31-44(40)50)37-19-17-35(18-20-37)10-9-26-56-28-29-57-27-25-47-45(51)58-46(3,4)5/h6-8,11-24,40-43H,9-10,25-32H2,1-5H3,(H,47,51)/t40-,41+,42+,43+/m1/s1. The van der Waals surface area contributed by atoms with Gasteiger partial charge in [-0.3, -0.25) is 4.79 Å². The first-order valence-corrected chi connectivity index (χ1v) is 23.4. The molecular formula is C46H57N3O9S2. The van der Waals surface area contributed by atoms with Gasteiger partial charge in [0.2, 0.25) is 20.0 Å². The Morgan fingerprint density at radius 1 is 0.717 bits per heavy atom. The maximum absolute atomic E-state index is 14.9. The van der Waals surface area contributed by atoms with Crippen LogP contribution in [0.5, 0.6) is 0 Å². The van der Waals surface area contributed by atoms with E-state index >= 15 is 0 Å². The number of hydrogen-bond donors (Lipinski definition) is 1. The lowest BCUT2D eigenvalue weighted by Gasteiger charge is -2.51. The lowest BCUT2D eigenvalue weighted by atomic mass is 9.77. The SMILES string of the molecule is Cc1ccc(S(=O)(=O)N2C[C@H]3C(=O)C[C@@H](c4ccc(CCCOCCOCCNC(=O)OC(C)(C)C)cc4)N(S(=O)(=O)c4ccc(C)cc4)[C@H]3C[C@H]2c2ccccc2)cc1. The van der Waals surface area contributed by atoms with Crippen LogP contribution < -0.4 is 5.32 Å². The number of piperidine rings is 2. The third-order valence-corrected chi connectivity index (χ3v) is 14.7. The molecule has 4 atom stereocenters. The molecule has 4 aromatic carbocycles.